The van der Waals surface area contributed by atoms with Gasteiger partial charge in [-0.25, -0.2) is 4.39 Å². The zero-order valence-electron chi connectivity index (χ0n) is 18.0. The highest BCUT2D eigenvalue weighted by atomic mass is 19.1. The van der Waals surface area contributed by atoms with Crippen LogP contribution in [0.25, 0.3) is 0 Å². The van der Waals surface area contributed by atoms with Crippen molar-refractivity contribution in [1.82, 2.24) is 10.2 Å². The molecule has 2 aromatic carbocycles. The van der Waals surface area contributed by atoms with Gasteiger partial charge in [-0.1, -0.05) is 63.2 Å². The zero-order valence-corrected chi connectivity index (χ0v) is 18.0. The van der Waals surface area contributed by atoms with Crippen LogP contribution in [0.1, 0.15) is 63.3 Å². The fraction of sp³-hybridized carbons (Fsp3) is 0.480. The van der Waals surface area contributed by atoms with Crippen LogP contribution in [0, 0.1) is 11.7 Å². The maximum absolute atomic E-state index is 13.9. The van der Waals surface area contributed by atoms with Crippen molar-refractivity contribution in [3.05, 3.63) is 71.0 Å². The third-order valence-corrected chi connectivity index (χ3v) is 5.95. The van der Waals surface area contributed by atoms with E-state index in [1.54, 1.807) is 6.07 Å². The Morgan fingerprint density at radius 2 is 1.72 bits per heavy atom. The Balaban J connectivity index is 1.50. The van der Waals surface area contributed by atoms with Crippen molar-refractivity contribution in [2.24, 2.45) is 5.92 Å². The van der Waals surface area contributed by atoms with Gasteiger partial charge in [-0.15, -0.1) is 0 Å². The average Bonchev–Trinajstić information content (AvgIpc) is 2.69. The van der Waals surface area contributed by atoms with Crippen LogP contribution >= 0.6 is 0 Å². The van der Waals surface area contributed by atoms with Crippen molar-refractivity contribution in [2.45, 2.75) is 58.5 Å². The number of hydrogen-bond donors (Lipinski definition) is 1. The Labute approximate surface area is 174 Å². The number of nitrogens with zero attached hydrogens (tertiary/aromatic N) is 1. The van der Waals surface area contributed by atoms with Crippen LogP contribution in [-0.2, 0) is 16.8 Å². The maximum Gasteiger partial charge on any atom is 0.223 e. The van der Waals surface area contributed by atoms with Gasteiger partial charge in [-0.2, -0.15) is 0 Å². The quantitative estimate of drug-likeness (QED) is 0.752. The Bertz CT molecular complexity index is 817. The maximum atomic E-state index is 13.9. The first-order valence-corrected chi connectivity index (χ1v) is 10.6. The van der Waals surface area contributed by atoms with Crippen molar-refractivity contribution in [3.8, 4) is 0 Å². The first-order chi connectivity index (χ1) is 13.7. The normalized spacial score (nSPS) is 17.1. The summed E-state index contributed by atoms with van der Waals surface area (Å²) in [6.45, 7) is 10.9. The second-order valence-electron chi connectivity index (χ2n) is 9.24. The second-order valence-corrected chi connectivity index (χ2v) is 9.24. The Morgan fingerprint density at radius 1 is 1.10 bits per heavy atom. The first kappa shape index (κ1) is 21.5. The number of carbonyl (C=O) groups is 1. The smallest absolute Gasteiger partial charge is 0.223 e. The number of carbonyl (C=O) groups excluding carboxylic acids is 1. The van der Waals surface area contributed by atoms with Crippen molar-refractivity contribution in [1.29, 1.82) is 0 Å². The van der Waals surface area contributed by atoms with E-state index in [0.29, 0.717) is 6.54 Å². The molecule has 29 heavy (non-hydrogen) atoms. The van der Waals surface area contributed by atoms with Crippen molar-refractivity contribution >= 4 is 5.91 Å². The third kappa shape index (κ3) is 5.66. The highest BCUT2D eigenvalue weighted by Crippen LogP contribution is 2.25. The lowest BCUT2D eigenvalue weighted by atomic mass is 9.86. The van der Waals surface area contributed by atoms with Crippen LogP contribution in [-0.4, -0.2) is 23.9 Å². The summed E-state index contributed by atoms with van der Waals surface area (Å²) in [4.78, 5) is 15.0. The minimum Gasteiger partial charge on any atom is -0.349 e. The molecular formula is C25H33FN2O. The van der Waals surface area contributed by atoms with Gasteiger partial charge < -0.3 is 5.32 Å². The molecule has 0 saturated carbocycles. The minimum absolute atomic E-state index is 0.00652. The summed E-state index contributed by atoms with van der Waals surface area (Å²) in [5.41, 5.74) is 3.27. The van der Waals surface area contributed by atoms with E-state index in [0.717, 1.165) is 37.1 Å². The van der Waals surface area contributed by atoms with E-state index in [1.807, 2.05) is 19.1 Å². The van der Waals surface area contributed by atoms with Crippen LogP contribution in [0.5, 0.6) is 0 Å². The highest BCUT2D eigenvalue weighted by molar-refractivity contribution is 5.79. The number of rotatable bonds is 5. The lowest BCUT2D eigenvalue weighted by Crippen LogP contribution is -2.41. The predicted molar refractivity (Wildman–Crippen MR) is 116 cm³/mol. The molecule has 156 valence electrons. The van der Waals surface area contributed by atoms with Crippen LogP contribution in [0.3, 0.4) is 0 Å². The van der Waals surface area contributed by atoms with Crippen LogP contribution in [0.15, 0.2) is 48.5 Å². The van der Waals surface area contributed by atoms with Crippen LogP contribution < -0.4 is 5.32 Å². The van der Waals surface area contributed by atoms with Gasteiger partial charge in [0.1, 0.15) is 5.82 Å². The van der Waals surface area contributed by atoms with E-state index >= 15 is 0 Å². The summed E-state index contributed by atoms with van der Waals surface area (Å²) in [5.74, 6) is 0.00442. The standard InChI is InChI=1S/C25H33FN2O/c1-18(19-9-11-22(12-10-19)25(2,3)4)27-24(29)20-13-15-28(16-14-20)17-21-7-5-6-8-23(21)26/h5-12,18,20H,13-17H2,1-4H3,(H,27,29)/t18-/m1/s1. The zero-order chi connectivity index (χ0) is 21.0. The predicted octanol–water partition coefficient (Wildman–Crippen LogP) is 5.21. The average molecular weight is 397 g/mol. The molecular weight excluding hydrogens is 363 g/mol. The molecule has 4 heteroatoms. The molecule has 0 aliphatic carbocycles. The topological polar surface area (TPSA) is 32.3 Å². The van der Waals surface area contributed by atoms with Gasteiger partial charge in [0.15, 0.2) is 0 Å². The molecule has 3 rings (SSSR count). The molecule has 1 aliphatic rings. The summed E-state index contributed by atoms with van der Waals surface area (Å²) in [5, 5.41) is 3.18. The molecule has 0 bridgehead atoms. The number of halogens is 1. The lowest BCUT2D eigenvalue weighted by Gasteiger charge is -2.32. The Morgan fingerprint density at radius 3 is 2.31 bits per heavy atom. The molecule has 1 fully saturated rings. The van der Waals surface area contributed by atoms with Crippen LogP contribution in [0.2, 0.25) is 0 Å². The van der Waals surface area contributed by atoms with Gasteiger partial charge in [0.05, 0.1) is 6.04 Å². The summed E-state index contributed by atoms with van der Waals surface area (Å²) in [6.07, 6.45) is 1.63. The number of benzene rings is 2. The van der Waals surface area contributed by atoms with E-state index in [2.05, 4.69) is 55.3 Å². The second kappa shape index (κ2) is 9.08. The molecule has 0 radical (unpaired) electrons. The molecule has 0 unspecified atom stereocenters. The number of piperidine rings is 1. The molecule has 1 saturated heterocycles. The van der Waals surface area contributed by atoms with E-state index in [1.165, 1.54) is 11.6 Å². The first-order valence-electron chi connectivity index (χ1n) is 10.6. The molecule has 0 spiro atoms. The third-order valence-electron chi connectivity index (χ3n) is 5.95. The van der Waals surface area contributed by atoms with Gasteiger partial charge in [0, 0.05) is 18.0 Å². The number of amides is 1. The lowest BCUT2D eigenvalue weighted by molar-refractivity contribution is -0.127. The summed E-state index contributed by atoms with van der Waals surface area (Å²) >= 11 is 0. The molecule has 1 aliphatic heterocycles. The van der Waals surface area contributed by atoms with E-state index in [-0.39, 0.29) is 29.1 Å². The largest absolute Gasteiger partial charge is 0.349 e. The number of hydrogen-bond acceptors (Lipinski definition) is 2. The monoisotopic (exact) mass is 396 g/mol. The fourth-order valence-electron chi connectivity index (χ4n) is 3.91. The van der Waals surface area contributed by atoms with Gasteiger partial charge >= 0.3 is 0 Å². The Kier molecular flexibility index (Phi) is 6.74. The summed E-state index contributed by atoms with van der Waals surface area (Å²) < 4.78 is 13.9. The molecule has 1 atom stereocenters. The summed E-state index contributed by atoms with van der Waals surface area (Å²) in [6, 6.07) is 15.4. The minimum atomic E-state index is -0.154. The van der Waals surface area contributed by atoms with Gasteiger partial charge in [-0.3, -0.25) is 9.69 Å². The van der Waals surface area contributed by atoms with Crippen molar-refractivity contribution < 1.29 is 9.18 Å². The van der Waals surface area contributed by atoms with E-state index in [9.17, 15) is 9.18 Å². The van der Waals surface area contributed by atoms with Gasteiger partial charge in [-0.05, 0) is 55.5 Å². The SMILES string of the molecule is C[C@@H](NC(=O)C1CCN(Cc2ccccc2F)CC1)c1ccc(C(C)(C)C)cc1. The highest BCUT2D eigenvalue weighted by Gasteiger charge is 2.26. The number of likely N-dealkylation sites (tertiary alicyclic amines) is 1. The number of nitrogens with one attached hydrogen (secondary N) is 1. The molecule has 0 aromatic heterocycles. The molecule has 1 amide bonds. The van der Waals surface area contributed by atoms with E-state index < -0.39 is 0 Å². The molecule has 2 aromatic rings. The molecule has 1 heterocycles. The van der Waals surface area contributed by atoms with Gasteiger partial charge in [0.25, 0.3) is 0 Å². The Hall–Kier alpha value is -2.20. The molecule has 1 N–H and O–H groups in total. The fourth-order valence-corrected chi connectivity index (χ4v) is 3.91. The van der Waals surface area contributed by atoms with Gasteiger partial charge in [0.2, 0.25) is 5.91 Å². The summed E-state index contributed by atoms with van der Waals surface area (Å²) in [7, 11) is 0. The van der Waals surface area contributed by atoms with Crippen LogP contribution in [0.4, 0.5) is 4.39 Å². The van der Waals surface area contributed by atoms with E-state index in [4.69, 9.17) is 0 Å². The van der Waals surface area contributed by atoms with Crippen molar-refractivity contribution in [2.75, 3.05) is 13.1 Å². The molecule has 3 nitrogen and oxygen atoms in total. The van der Waals surface area contributed by atoms with Crippen molar-refractivity contribution in [3.63, 3.8) is 0 Å².